The van der Waals surface area contributed by atoms with Crippen LogP contribution in [0, 0.1) is 30.1 Å². The number of carbonyl (C=O) groups is 1. The number of rotatable bonds is 5. The van der Waals surface area contributed by atoms with E-state index >= 15 is 0 Å². The molecule has 2 aliphatic rings. The summed E-state index contributed by atoms with van der Waals surface area (Å²) in [6.07, 6.45) is 5.48. The van der Waals surface area contributed by atoms with Crippen LogP contribution in [0.2, 0.25) is 5.02 Å². The van der Waals surface area contributed by atoms with E-state index in [1.807, 2.05) is 19.2 Å². The van der Waals surface area contributed by atoms with Crippen molar-refractivity contribution >= 4 is 44.7 Å². The Bertz CT molecular complexity index is 1550. The second kappa shape index (κ2) is 10.1. The Morgan fingerprint density at radius 1 is 1.24 bits per heavy atom. The standard InChI is InChI=1S/C26H30ClN7O3S/c1-16-13-32(15-18(16)12-28)25-17(2)14-34-24(29-25)11-22(30-34)23-6-4-5-9-33(23)26(35)20-10-19(27)7-8-21(20)31-38(3,36)37/h7-8,10-11,14,16,18,23,31H,4-6,9,13,15H2,1-3H3/t16-,18-,23+/m1/s1. The number of hydrogen-bond acceptors (Lipinski definition) is 7. The maximum absolute atomic E-state index is 13.8. The third-order valence-corrected chi connectivity index (χ3v) is 8.14. The van der Waals surface area contributed by atoms with Gasteiger partial charge in [0, 0.05) is 42.5 Å². The Hall–Kier alpha value is -3.36. The van der Waals surface area contributed by atoms with Crippen LogP contribution in [0.3, 0.4) is 0 Å². The molecule has 2 aliphatic heterocycles. The maximum atomic E-state index is 13.8. The van der Waals surface area contributed by atoms with E-state index in [0.717, 1.165) is 49.1 Å². The summed E-state index contributed by atoms with van der Waals surface area (Å²) in [5.41, 5.74) is 2.76. The molecule has 1 N–H and O–H groups in total. The van der Waals surface area contributed by atoms with E-state index in [1.54, 1.807) is 15.5 Å². The number of piperidine rings is 1. The van der Waals surface area contributed by atoms with E-state index in [4.69, 9.17) is 21.7 Å². The normalized spacial score (nSPS) is 22.0. The van der Waals surface area contributed by atoms with Crippen LogP contribution in [0.1, 0.15) is 53.8 Å². The van der Waals surface area contributed by atoms with E-state index in [1.165, 1.54) is 12.1 Å². The Labute approximate surface area is 227 Å². The molecular formula is C26H30ClN7O3S. The smallest absolute Gasteiger partial charge is 0.256 e. The first-order valence-electron chi connectivity index (χ1n) is 12.6. The third-order valence-electron chi connectivity index (χ3n) is 7.31. The van der Waals surface area contributed by atoms with Crippen molar-refractivity contribution in [1.82, 2.24) is 19.5 Å². The Morgan fingerprint density at radius 2 is 2.03 bits per heavy atom. The van der Waals surface area contributed by atoms with Crippen LogP contribution in [-0.4, -0.2) is 59.7 Å². The maximum Gasteiger partial charge on any atom is 0.256 e. The number of nitrogens with zero attached hydrogens (tertiary/aromatic N) is 6. The number of aryl methyl sites for hydroxylation is 1. The molecule has 2 saturated heterocycles. The van der Waals surface area contributed by atoms with Gasteiger partial charge in [0.05, 0.1) is 41.2 Å². The first-order chi connectivity index (χ1) is 18.0. The van der Waals surface area contributed by atoms with Crippen molar-refractivity contribution in [2.45, 2.75) is 39.2 Å². The molecule has 5 rings (SSSR count). The van der Waals surface area contributed by atoms with E-state index in [9.17, 15) is 18.5 Å². The number of benzene rings is 1. The van der Waals surface area contributed by atoms with Crippen molar-refractivity contribution in [2.24, 2.45) is 11.8 Å². The van der Waals surface area contributed by atoms with Gasteiger partial charge in [-0.1, -0.05) is 18.5 Å². The van der Waals surface area contributed by atoms with Gasteiger partial charge in [-0.2, -0.15) is 10.4 Å². The van der Waals surface area contributed by atoms with Crippen molar-refractivity contribution in [2.75, 3.05) is 35.5 Å². The predicted octanol–water partition coefficient (Wildman–Crippen LogP) is 4.03. The zero-order chi connectivity index (χ0) is 27.2. The molecule has 0 radical (unpaired) electrons. The van der Waals surface area contributed by atoms with Gasteiger partial charge in [0.1, 0.15) is 5.82 Å². The molecule has 10 nitrogen and oxygen atoms in total. The lowest BCUT2D eigenvalue weighted by Gasteiger charge is -2.35. The number of nitriles is 1. The number of halogens is 1. The number of fused-ring (bicyclic) bond motifs is 1. The summed E-state index contributed by atoms with van der Waals surface area (Å²) in [7, 11) is -3.59. The van der Waals surface area contributed by atoms with Gasteiger partial charge in [0.15, 0.2) is 5.65 Å². The zero-order valence-electron chi connectivity index (χ0n) is 21.6. The minimum Gasteiger partial charge on any atom is -0.355 e. The highest BCUT2D eigenvalue weighted by Gasteiger charge is 2.34. The summed E-state index contributed by atoms with van der Waals surface area (Å²) in [5.74, 6) is 0.788. The number of likely N-dealkylation sites (tertiary alicyclic amines) is 1. The van der Waals surface area contributed by atoms with Gasteiger partial charge in [0.25, 0.3) is 5.91 Å². The highest BCUT2D eigenvalue weighted by Crippen LogP contribution is 2.35. The van der Waals surface area contributed by atoms with Crippen LogP contribution < -0.4 is 9.62 Å². The lowest BCUT2D eigenvalue weighted by atomic mass is 9.98. The molecule has 2 aromatic heterocycles. The van der Waals surface area contributed by atoms with E-state index in [2.05, 4.69) is 22.6 Å². The highest BCUT2D eigenvalue weighted by molar-refractivity contribution is 7.92. The number of sulfonamides is 1. The SMILES string of the molecule is Cc1cn2nc([C@@H]3CCCCN3C(=O)c3cc(Cl)ccc3NS(C)(=O)=O)cc2nc1N1C[C@@H](C)[C@H](C#N)C1. The number of aromatic nitrogens is 3. The summed E-state index contributed by atoms with van der Waals surface area (Å²) in [6.45, 7) is 6.01. The molecule has 2 fully saturated rings. The topological polar surface area (TPSA) is 124 Å². The minimum absolute atomic E-state index is 0.0247. The third kappa shape index (κ3) is 5.15. The summed E-state index contributed by atoms with van der Waals surface area (Å²) in [6, 6.07) is 8.56. The number of anilines is 2. The van der Waals surface area contributed by atoms with Crippen molar-refractivity contribution in [3.63, 3.8) is 0 Å². The number of carbonyl (C=O) groups excluding carboxylic acids is 1. The van der Waals surface area contributed by atoms with Crippen molar-refractivity contribution in [3.8, 4) is 6.07 Å². The van der Waals surface area contributed by atoms with Crippen molar-refractivity contribution < 1.29 is 13.2 Å². The quantitative estimate of drug-likeness (QED) is 0.504. The first-order valence-corrected chi connectivity index (χ1v) is 14.9. The predicted molar refractivity (Wildman–Crippen MR) is 146 cm³/mol. The van der Waals surface area contributed by atoms with Gasteiger partial charge in [-0.15, -0.1) is 0 Å². The molecule has 0 saturated carbocycles. The molecule has 0 bridgehead atoms. The Kier molecular flexibility index (Phi) is 6.96. The van der Waals surface area contributed by atoms with Gasteiger partial charge >= 0.3 is 0 Å². The van der Waals surface area contributed by atoms with Crippen LogP contribution in [0.15, 0.2) is 30.5 Å². The molecule has 12 heteroatoms. The Morgan fingerprint density at radius 3 is 2.74 bits per heavy atom. The summed E-state index contributed by atoms with van der Waals surface area (Å²) in [5, 5.41) is 14.6. The lowest BCUT2D eigenvalue weighted by molar-refractivity contribution is 0.0607. The molecule has 200 valence electrons. The second-order valence-corrected chi connectivity index (χ2v) is 12.5. The average Bonchev–Trinajstić information content (AvgIpc) is 3.45. The summed E-state index contributed by atoms with van der Waals surface area (Å²) < 4.78 is 28.0. The monoisotopic (exact) mass is 555 g/mol. The van der Waals surface area contributed by atoms with Gasteiger partial charge in [-0.05, 0) is 50.3 Å². The zero-order valence-corrected chi connectivity index (χ0v) is 23.1. The van der Waals surface area contributed by atoms with Crippen molar-refractivity contribution in [1.29, 1.82) is 5.26 Å². The lowest BCUT2D eigenvalue weighted by Crippen LogP contribution is -2.39. The number of nitrogens with one attached hydrogen (secondary N) is 1. The van der Waals surface area contributed by atoms with Gasteiger partial charge in [-0.25, -0.2) is 17.9 Å². The molecule has 0 unspecified atom stereocenters. The van der Waals surface area contributed by atoms with Crippen molar-refractivity contribution in [3.05, 3.63) is 52.3 Å². The molecule has 3 atom stereocenters. The number of hydrogen-bond donors (Lipinski definition) is 1. The fourth-order valence-corrected chi connectivity index (χ4v) is 6.18. The molecule has 0 spiro atoms. The molecule has 1 amide bonds. The van der Waals surface area contributed by atoms with Gasteiger partial charge in [0.2, 0.25) is 10.0 Å². The van der Waals surface area contributed by atoms with Gasteiger partial charge < -0.3 is 9.80 Å². The molecule has 0 aliphatic carbocycles. The van der Waals surface area contributed by atoms with Gasteiger partial charge in [-0.3, -0.25) is 9.52 Å². The molecule has 4 heterocycles. The van der Waals surface area contributed by atoms with Crippen LogP contribution in [0.5, 0.6) is 0 Å². The molecule has 3 aromatic rings. The van der Waals surface area contributed by atoms with E-state index < -0.39 is 10.0 Å². The molecule has 38 heavy (non-hydrogen) atoms. The van der Waals surface area contributed by atoms with E-state index in [0.29, 0.717) is 23.8 Å². The fourth-order valence-electron chi connectivity index (χ4n) is 5.43. The Balaban J connectivity index is 1.48. The second-order valence-electron chi connectivity index (χ2n) is 10.3. The van der Waals surface area contributed by atoms with E-state index in [-0.39, 0.29) is 35.0 Å². The molecular weight excluding hydrogens is 526 g/mol. The van der Waals surface area contributed by atoms with Crippen LogP contribution in [0.4, 0.5) is 11.5 Å². The first kappa shape index (κ1) is 26.3. The van der Waals surface area contributed by atoms with Crippen LogP contribution in [-0.2, 0) is 10.0 Å². The largest absolute Gasteiger partial charge is 0.355 e. The minimum atomic E-state index is -3.59. The highest BCUT2D eigenvalue weighted by atomic mass is 35.5. The van der Waals surface area contributed by atoms with Crippen LogP contribution in [0.25, 0.3) is 5.65 Å². The summed E-state index contributed by atoms with van der Waals surface area (Å²) >= 11 is 6.19. The number of amides is 1. The average molecular weight is 556 g/mol. The fraction of sp³-hybridized carbons (Fsp3) is 0.462. The van der Waals surface area contributed by atoms with Crippen LogP contribution >= 0.6 is 11.6 Å². The molecule has 1 aromatic carbocycles. The summed E-state index contributed by atoms with van der Waals surface area (Å²) in [4.78, 5) is 22.6.